The third-order valence-electron chi connectivity index (χ3n) is 2.51. The van der Waals surface area contributed by atoms with Crippen molar-refractivity contribution in [2.24, 2.45) is 0 Å². The fourth-order valence-electron chi connectivity index (χ4n) is 1.56. The van der Waals surface area contributed by atoms with Crippen LogP contribution in [0.3, 0.4) is 0 Å². The van der Waals surface area contributed by atoms with E-state index in [0.717, 1.165) is 11.8 Å². The molecule has 3 unspecified atom stereocenters. The molecule has 0 N–H and O–H groups in total. The summed E-state index contributed by atoms with van der Waals surface area (Å²) in [7, 11) is 0. The largest absolute Gasteiger partial charge is 0.241 e. The molecule has 0 bridgehead atoms. The molecule has 1 aromatic carbocycles. The molecule has 0 radical (unpaired) electrons. The van der Waals surface area contributed by atoms with Gasteiger partial charge in [0.1, 0.15) is 5.82 Å². The van der Waals surface area contributed by atoms with Crippen LogP contribution in [-0.2, 0) is 4.75 Å². The summed E-state index contributed by atoms with van der Waals surface area (Å²) >= 11 is 0.892. The zero-order valence-corrected chi connectivity index (χ0v) is 8.32. The van der Waals surface area contributed by atoms with E-state index in [1.165, 1.54) is 18.2 Å². The van der Waals surface area contributed by atoms with Crippen molar-refractivity contribution >= 4 is 11.8 Å². The summed E-state index contributed by atoms with van der Waals surface area (Å²) in [4.78, 5) is 0. The molecule has 4 heteroatoms. The number of hydrogen-bond acceptors (Lipinski definition) is 1. The lowest BCUT2D eigenvalue weighted by atomic mass is 9.94. The number of alkyl halides is 2. The van der Waals surface area contributed by atoms with Crippen LogP contribution in [0.25, 0.3) is 0 Å². The third kappa shape index (κ3) is 1.32. The topological polar surface area (TPSA) is 0 Å². The van der Waals surface area contributed by atoms with Gasteiger partial charge in [0.2, 0.25) is 0 Å². The Morgan fingerprint density at radius 3 is 2.57 bits per heavy atom. The van der Waals surface area contributed by atoms with Gasteiger partial charge in [-0.05, 0) is 24.6 Å². The summed E-state index contributed by atoms with van der Waals surface area (Å²) in [6, 6.07) is 5.67. The minimum Gasteiger partial charge on any atom is -0.241 e. The van der Waals surface area contributed by atoms with Gasteiger partial charge in [0.25, 0.3) is 0 Å². The first-order valence-electron chi connectivity index (χ1n) is 4.26. The number of hydrogen-bond donors (Lipinski definition) is 0. The Labute approximate surface area is 84.5 Å². The molecule has 14 heavy (non-hydrogen) atoms. The summed E-state index contributed by atoms with van der Waals surface area (Å²) in [5.41, 5.74) is -0.979. The van der Waals surface area contributed by atoms with Gasteiger partial charge in [-0.3, -0.25) is 0 Å². The first-order chi connectivity index (χ1) is 6.54. The van der Waals surface area contributed by atoms with Crippen LogP contribution in [0, 0.1) is 5.82 Å². The molecule has 0 aromatic heterocycles. The van der Waals surface area contributed by atoms with Gasteiger partial charge < -0.3 is 0 Å². The highest BCUT2D eigenvalue weighted by atomic mass is 32.2. The first-order valence-corrected chi connectivity index (χ1v) is 5.14. The molecule has 1 aliphatic heterocycles. The summed E-state index contributed by atoms with van der Waals surface area (Å²) in [6.07, 6.45) is -1.55. The SMILES string of the molecule is CC1(c2cccc(F)c2)SC(F)C1F. The van der Waals surface area contributed by atoms with E-state index in [1.54, 1.807) is 13.0 Å². The summed E-state index contributed by atoms with van der Waals surface area (Å²) in [6.45, 7) is 1.59. The first kappa shape index (κ1) is 9.90. The van der Waals surface area contributed by atoms with E-state index in [2.05, 4.69) is 0 Å². The van der Waals surface area contributed by atoms with Crippen molar-refractivity contribution in [3.63, 3.8) is 0 Å². The van der Waals surface area contributed by atoms with Crippen molar-refractivity contribution in [2.75, 3.05) is 0 Å². The van der Waals surface area contributed by atoms with Crippen LogP contribution in [0.2, 0.25) is 0 Å². The van der Waals surface area contributed by atoms with Gasteiger partial charge in [-0.1, -0.05) is 12.1 Å². The molecule has 0 aliphatic carbocycles. The van der Waals surface area contributed by atoms with E-state index in [0.29, 0.717) is 5.56 Å². The molecule has 1 saturated heterocycles. The van der Waals surface area contributed by atoms with Crippen molar-refractivity contribution < 1.29 is 13.2 Å². The number of halogens is 3. The Balaban J connectivity index is 2.32. The number of benzene rings is 1. The smallest absolute Gasteiger partial charge is 0.179 e. The fourth-order valence-corrected chi connectivity index (χ4v) is 2.71. The quantitative estimate of drug-likeness (QED) is 0.696. The van der Waals surface area contributed by atoms with Gasteiger partial charge in [-0.2, -0.15) is 0 Å². The number of thioether (sulfide) groups is 1. The summed E-state index contributed by atoms with van der Waals surface area (Å²) in [5.74, 6) is -0.418. The maximum absolute atomic E-state index is 13.3. The Bertz CT molecular complexity index is 355. The minimum absolute atomic E-state index is 0.418. The molecule has 1 aromatic rings. The maximum Gasteiger partial charge on any atom is 0.179 e. The highest BCUT2D eigenvalue weighted by molar-refractivity contribution is 8.02. The van der Waals surface area contributed by atoms with E-state index in [1.807, 2.05) is 0 Å². The van der Waals surface area contributed by atoms with Crippen LogP contribution in [0.4, 0.5) is 13.2 Å². The van der Waals surface area contributed by atoms with Gasteiger partial charge in [0.15, 0.2) is 11.7 Å². The lowest BCUT2D eigenvalue weighted by Crippen LogP contribution is -2.47. The monoisotopic (exact) mass is 218 g/mol. The normalized spacial score (nSPS) is 36.6. The predicted molar refractivity (Wildman–Crippen MR) is 51.1 cm³/mol. The zero-order chi connectivity index (χ0) is 10.3. The van der Waals surface area contributed by atoms with Crippen molar-refractivity contribution in [1.82, 2.24) is 0 Å². The standard InChI is InChI=1S/C10H9F3S/c1-10(8(12)9(13)14-10)6-3-2-4-7(11)5-6/h2-5,8-9H,1H3. The molecular formula is C10H9F3S. The van der Waals surface area contributed by atoms with Crippen molar-refractivity contribution in [3.05, 3.63) is 35.6 Å². The predicted octanol–water partition coefficient (Wildman–Crippen LogP) is 3.42. The molecule has 1 heterocycles. The van der Waals surface area contributed by atoms with Crippen LogP contribution >= 0.6 is 11.8 Å². The summed E-state index contributed by atoms with van der Waals surface area (Å²) in [5, 5.41) is 0. The molecule has 0 spiro atoms. The van der Waals surface area contributed by atoms with Crippen LogP contribution in [-0.4, -0.2) is 11.7 Å². The van der Waals surface area contributed by atoms with Crippen LogP contribution in [0.15, 0.2) is 24.3 Å². The molecular weight excluding hydrogens is 209 g/mol. The zero-order valence-electron chi connectivity index (χ0n) is 7.51. The van der Waals surface area contributed by atoms with Gasteiger partial charge in [-0.25, -0.2) is 13.2 Å². The van der Waals surface area contributed by atoms with E-state index >= 15 is 0 Å². The molecule has 76 valence electrons. The Morgan fingerprint density at radius 2 is 2.07 bits per heavy atom. The van der Waals surface area contributed by atoms with Gasteiger partial charge in [0.05, 0.1) is 4.75 Å². The molecule has 2 rings (SSSR count). The number of rotatable bonds is 1. The molecule has 0 amide bonds. The minimum atomic E-state index is -1.55. The highest BCUT2D eigenvalue weighted by Crippen LogP contribution is 2.56. The second kappa shape index (κ2) is 3.19. The average molecular weight is 218 g/mol. The second-order valence-corrected chi connectivity index (χ2v) is 5.02. The summed E-state index contributed by atoms with van der Waals surface area (Å²) < 4.78 is 37.9. The lowest BCUT2D eigenvalue weighted by Gasteiger charge is -2.44. The molecule has 1 fully saturated rings. The second-order valence-electron chi connectivity index (χ2n) is 3.49. The van der Waals surface area contributed by atoms with Gasteiger partial charge >= 0.3 is 0 Å². The van der Waals surface area contributed by atoms with Crippen LogP contribution in [0.5, 0.6) is 0 Å². The van der Waals surface area contributed by atoms with Crippen molar-refractivity contribution in [1.29, 1.82) is 0 Å². The molecule has 0 saturated carbocycles. The maximum atomic E-state index is 13.3. The molecule has 1 aliphatic rings. The fraction of sp³-hybridized carbons (Fsp3) is 0.400. The van der Waals surface area contributed by atoms with Gasteiger partial charge in [0, 0.05) is 0 Å². The highest BCUT2D eigenvalue weighted by Gasteiger charge is 2.54. The van der Waals surface area contributed by atoms with Crippen LogP contribution < -0.4 is 0 Å². The molecule has 0 nitrogen and oxygen atoms in total. The lowest BCUT2D eigenvalue weighted by molar-refractivity contribution is 0.158. The van der Waals surface area contributed by atoms with E-state index in [4.69, 9.17) is 0 Å². The molecule has 3 atom stereocenters. The Kier molecular flexibility index (Phi) is 2.26. The third-order valence-corrected chi connectivity index (χ3v) is 3.93. The van der Waals surface area contributed by atoms with Gasteiger partial charge in [-0.15, -0.1) is 11.8 Å². The van der Waals surface area contributed by atoms with Crippen LogP contribution in [0.1, 0.15) is 12.5 Å². The Hall–Kier alpha value is -0.640. The average Bonchev–Trinajstić information content (AvgIpc) is 2.17. The van der Waals surface area contributed by atoms with Crippen molar-refractivity contribution in [2.45, 2.75) is 23.3 Å². The Morgan fingerprint density at radius 1 is 1.36 bits per heavy atom. The van der Waals surface area contributed by atoms with E-state index < -0.39 is 22.2 Å². The van der Waals surface area contributed by atoms with E-state index in [9.17, 15) is 13.2 Å². The van der Waals surface area contributed by atoms with E-state index in [-0.39, 0.29) is 0 Å². The van der Waals surface area contributed by atoms with Crippen molar-refractivity contribution in [3.8, 4) is 0 Å².